The monoisotopic (exact) mass is 324 g/mol. The van der Waals surface area contributed by atoms with Gasteiger partial charge in [-0.25, -0.2) is 4.39 Å². The molecule has 3 nitrogen and oxygen atoms in total. The Balaban J connectivity index is 2.48. The van der Waals surface area contributed by atoms with Gasteiger partial charge in [0.2, 0.25) is 0 Å². The van der Waals surface area contributed by atoms with Gasteiger partial charge in [0.05, 0.1) is 11.2 Å². The summed E-state index contributed by atoms with van der Waals surface area (Å²) in [6, 6.07) is 9.22. The van der Waals surface area contributed by atoms with E-state index in [1.807, 2.05) is 0 Å². The van der Waals surface area contributed by atoms with E-state index >= 15 is 0 Å². The number of alkyl halides is 1. The lowest BCUT2D eigenvalue weighted by Crippen LogP contribution is -2.18. The van der Waals surface area contributed by atoms with Gasteiger partial charge in [0.25, 0.3) is 0 Å². The maximum absolute atomic E-state index is 13.6. The first kappa shape index (κ1) is 13.7. The molecule has 98 valence electrons. The summed E-state index contributed by atoms with van der Waals surface area (Å²) in [5.74, 6) is -1.84. The third kappa shape index (κ3) is 2.81. The van der Waals surface area contributed by atoms with Crippen molar-refractivity contribution in [3.63, 3.8) is 0 Å². The molecule has 1 unspecified atom stereocenters. The molecule has 0 saturated carbocycles. The van der Waals surface area contributed by atoms with Crippen molar-refractivity contribution in [2.45, 2.75) is 11.2 Å². The number of hydrogen-bond acceptors (Lipinski definition) is 2. The van der Waals surface area contributed by atoms with E-state index in [-0.39, 0.29) is 12.2 Å². The lowest BCUT2D eigenvalue weighted by Gasteiger charge is -2.09. The summed E-state index contributed by atoms with van der Waals surface area (Å²) in [6.07, 6.45) is -0.315. The zero-order valence-corrected chi connectivity index (χ0v) is 11.4. The van der Waals surface area contributed by atoms with Gasteiger partial charge in [0.1, 0.15) is 5.82 Å². The number of carbonyl (C=O) groups is 2. The topological polar surface area (TPSA) is 54.4 Å². The number of ketones is 1. The van der Waals surface area contributed by atoms with Crippen LogP contribution in [0.1, 0.15) is 16.8 Å². The van der Waals surface area contributed by atoms with E-state index in [9.17, 15) is 14.0 Å². The molecule has 0 aromatic heterocycles. The number of benzene rings is 2. The Labute approximate surface area is 117 Å². The molecule has 0 spiro atoms. The standard InChI is InChI=1S/C14H10BrFO3/c15-11(7-13(17)18)14(19)10-5-6-12(16)9-4-2-1-3-8(9)10/h1-6,11H,7H2,(H,17,18). The zero-order valence-electron chi connectivity index (χ0n) is 9.77. The molecule has 5 heteroatoms. The molecule has 0 radical (unpaired) electrons. The minimum absolute atomic E-state index is 0.315. The van der Waals surface area contributed by atoms with Gasteiger partial charge in [0.15, 0.2) is 5.78 Å². The third-order valence-corrected chi connectivity index (χ3v) is 3.51. The van der Waals surface area contributed by atoms with Gasteiger partial charge in [-0.1, -0.05) is 40.2 Å². The Morgan fingerprint density at radius 3 is 2.42 bits per heavy atom. The molecule has 2 aromatic carbocycles. The van der Waals surface area contributed by atoms with Crippen LogP contribution in [0.3, 0.4) is 0 Å². The zero-order chi connectivity index (χ0) is 14.0. The molecule has 0 aliphatic heterocycles. The Bertz CT molecular complexity index is 654. The van der Waals surface area contributed by atoms with Crippen molar-refractivity contribution in [3.8, 4) is 0 Å². The maximum Gasteiger partial charge on any atom is 0.304 e. The summed E-state index contributed by atoms with van der Waals surface area (Å²) in [7, 11) is 0. The minimum Gasteiger partial charge on any atom is -0.481 e. The predicted molar refractivity (Wildman–Crippen MR) is 73.2 cm³/mol. The summed E-state index contributed by atoms with van der Waals surface area (Å²) in [5, 5.41) is 9.53. The largest absolute Gasteiger partial charge is 0.481 e. The number of carboxylic acids is 1. The van der Waals surface area contributed by atoms with Gasteiger partial charge in [-0.3, -0.25) is 9.59 Å². The molecular weight excluding hydrogens is 315 g/mol. The normalized spacial score (nSPS) is 12.3. The third-order valence-electron chi connectivity index (χ3n) is 2.77. The molecule has 2 aromatic rings. The molecule has 0 amide bonds. The Morgan fingerprint density at radius 1 is 1.16 bits per heavy atom. The quantitative estimate of drug-likeness (QED) is 0.692. The van der Waals surface area contributed by atoms with E-state index in [1.165, 1.54) is 12.1 Å². The smallest absolute Gasteiger partial charge is 0.304 e. The van der Waals surface area contributed by atoms with Crippen LogP contribution in [0.4, 0.5) is 4.39 Å². The lowest BCUT2D eigenvalue weighted by molar-refractivity contribution is -0.136. The second-order valence-corrected chi connectivity index (χ2v) is 5.18. The van der Waals surface area contributed by atoms with Crippen molar-refractivity contribution in [1.29, 1.82) is 0 Å². The van der Waals surface area contributed by atoms with Crippen LogP contribution in [-0.2, 0) is 4.79 Å². The van der Waals surface area contributed by atoms with Crippen LogP contribution in [0, 0.1) is 5.82 Å². The number of Topliss-reactive ketones (excluding diaryl/α,β-unsaturated/α-hetero) is 1. The van der Waals surface area contributed by atoms with Crippen molar-refractivity contribution >= 4 is 38.5 Å². The van der Waals surface area contributed by atoms with Crippen molar-refractivity contribution in [2.24, 2.45) is 0 Å². The van der Waals surface area contributed by atoms with Crippen LogP contribution >= 0.6 is 15.9 Å². The first-order valence-corrected chi connectivity index (χ1v) is 6.49. The average Bonchev–Trinajstić information content (AvgIpc) is 2.38. The van der Waals surface area contributed by atoms with E-state index < -0.39 is 16.6 Å². The molecule has 0 aliphatic rings. The van der Waals surface area contributed by atoms with E-state index in [1.54, 1.807) is 24.3 Å². The van der Waals surface area contributed by atoms with E-state index in [0.717, 1.165) is 0 Å². The fourth-order valence-electron chi connectivity index (χ4n) is 1.89. The maximum atomic E-state index is 13.6. The van der Waals surface area contributed by atoms with Crippen molar-refractivity contribution < 1.29 is 19.1 Å². The molecule has 0 saturated heterocycles. The summed E-state index contributed by atoms with van der Waals surface area (Å²) in [6.45, 7) is 0. The van der Waals surface area contributed by atoms with Crippen LogP contribution in [-0.4, -0.2) is 21.7 Å². The second-order valence-electron chi connectivity index (χ2n) is 4.07. The fraction of sp³-hybridized carbons (Fsp3) is 0.143. The predicted octanol–water partition coefficient (Wildman–Crippen LogP) is 3.40. The number of aliphatic carboxylic acids is 1. The summed E-state index contributed by atoms with van der Waals surface area (Å²) < 4.78 is 13.6. The highest BCUT2D eigenvalue weighted by molar-refractivity contribution is 9.10. The van der Waals surface area contributed by atoms with Gasteiger partial charge in [-0.15, -0.1) is 0 Å². The lowest BCUT2D eigenvalue weighted by atomic mass is 9.98. The summed E-state index contributed by atoms with van der Waals surface area (Å²) >= 11 is 3.06. The number of rotatable bonds is 4. The number of hydrogen-bond donors (Lipinski definition) is 1. The fourth-order valence-corrected chi connectivity index (χ4v) is 2.42. The van der Waals surface area contributed by atoms with E-state index in [4.69, 9.17) is 5.11 Å². The SMILES string of the molecule is O=C(O)CC(Br)C(=O)c1ccc(F)c2ccccc12. The van der Waals surface area contributed by atoms with E-state index in [0.29, 0.717) is 16.3 Å². The highest BCUT2D eigenvalue weighted by Crippen LogP contribution is 2.25. The molecule has 0 bridgehead atoms. The number of halogens is 2. The Kier molecular flexibility index (Phi) is 3.95. The van der Waals surface area contributed by atoms with Gasteiger partial charge in [-0.2, -0.15) is 0 Å². The molecule has 0 fully saturated rings. The van der Waals surface area contributed by atoms with E-state index in [2.05, 4.69) is 15.9 Å². The molecule has 19 heavy (non-hydrogen) atoms. The van der Waals surface area contributed by atoms with Crippen LogP contribution in [0.5, 0.6) is 0 Å². The van der Waals surface area contributed by atoms with Gasteiger partial charge in [-0.05, 0) is 17.5 Å². The number of fused-ring (bicyclic) bond motifs is 1. The van der Waals surface area contributed by atoms with Gasteiger partial charge < -0.3 is 5.11 Å². The van der Waals surface area contributed by atoms with Gasteiger partial charge >= 0.3 is 5.97 Å². The van der Waals surface area contributed by atoms with Crippen LogP contribution < -0.4 is 0 Å². The van der Waals surface area contributed by atoms with Crippen molar-refractivity contribution in [2.75, 3.05) is 0 Å². The van der Waals surface area contributed by atoms with Crippen LogP contribution in [0.25, 0.3) is 10.8 Å². The highest BCUT2D eigenvalue weighted by atomic mass is 79.9. The first-order valence-electron chi connectivity index (χ1n) is 5.58. The van der Waals surface area contributed by atoms with Crippen LogP contribution in [0.15, 0.2) is 36.4 Å². The molecule has 2 rings (SSSR count). The molecule has 1 N–H and O–H groups in total. The Hall–Kier alpha value is -1.75. The van der Waals surface area contributed by atoms with Crippen molar-refractivity contribution in [1.82, 2.24) is 0 Å². The average molecular weight is 325 g/mol. The first-order chi connectivity index (χ1) is 9.00. The number of carboxylic acid groups (broad SMARTS) is 1. The summed E-state index contributed by atoms with van der Waals surface area (Å²) in [5.41, 5.74) is 0.320. The molecule has 1 atom stereocenters. The Morgan fingerprint density at radius 2 is 1.79 bits per heavy atom. The van der Waals surface area contributed by atoms with Crippen molar-refractivity contribution in [3.05, 3.63) is 47.8 Å². The second kappa shape index (κ2) is 5.48. The van der Waals surface area contributed by atoms with Gasteiger partial charge in [0, 0.05) is 10.9 Å². The molecular formula is C14H10BrFO3. The molecule has 0 heterocycles. The minimum atomic E-state index is -1.07. The summed E-state index contributed by atoms with van der Waals surface area (Å²) in [4.78, 5) is 22.0. The molecule has 0 aliphatic carbocycles. The van der Waals surface area contributed by atoms with Crippen LogP contribution in [0.2, 0.25) is 0 Å². The number of carbonyl (C=O) groups excluding carboxylic acids is 1. The highest BCUT2D eigenvalue weighted by Gasteiger charge is 2.22.